The predicted octanol–water partition coefficient (Wildman–Crippen LogP) is 4.66. The average Bonchev–Trinajstić information content (AvgIpc) is 3.22. The van der Waals surface area contributed by atoms with Crippen molar-refractivity contribution in [3.63, 3.8) is 0 Å². The molecule has 2 aliphatic rings. The van der Waals surface area contributed by atoms with Gasteiger partial charge in [0, 0.05) is 6.42 Å². The summed E-state index contributed by atoms with van der Waals surface area (Å²) in [5.74, 6) is -0.207. The Labute approximate surface area is 349 Å². The Morgan fingerprint density at radius 3 is 1.47 bits per heavy atom. The molecule has 2 fully saturated rings. The van der Waals surface area contributed by atoms with Crippen LogP contribution in [0.4, 0.5) is 0 Å². The van der Waals surface area contributed by atoms with Crippen molar-refractivity contribution in [2.75, 3.05) is 19.8 Å². The minimum atomic E-state index is -1.78. The molecule has 2 saturated heterocycles. The van der Waals surface area contributed by atoms with Gasteiger partial charge >= 0.3 is 0 Å². The largest absolute Gasteiger partial charge is 0.394 e. The summed E-state index contributed by atoms with van der Waals surface area (Å²) < 4.78 is 22.7. The fourth-order valence-electron chi connectivity index (χ4n) is 7.94. The fraction of sp³-hybridized carbons (Fsp3) is 0.977. The smallest absolute Gasteiger partial charge is 0.220 e. The quantitative estimate of drug-likeness (QED) is 0.0397. The van der Waals surface area contributed by atoms with Crippen molar-refractivity contribution in [1.82, 2.24) is 5.32 Å². The number of unbranched alkanes of at least 4 members (excludes halogenated alkanes) is 22. The molecule has 0 spiro atoms. The summed E-state index contributed by atoms with van der Waals surface area (Å²) in [4.78, 5) is 13.1. The third-order valence-electron chi connectivity index (χ3n) is 11.8. The maximum absolute atomic E-state index is 13.1. The van der Waals surface area contributed by atoms with Gasteiger partial charge in [-0.05, 0) is 12.8 Å². The van der Waals surface area contributed by atoms with E-state index in [9.17, 15) is 45.6 Å². The lowest BCUT2D eigenvalue weighted by Crippen LogP contribution is -2.65. The van der Waals surface area contributed by atoms with E-state index < -0.39 is 86.8 Å². The van der Waals surface area contributed by atoms with Crippen LogP contribution in [-0.4, -0.2) is 140 Å². The van der Waals surface area contributed by atoms with Gasteiger partial charge in [-0.2, -0.15) is 0 Å². The summed E-state index contributed by atoms with van der Waals surface area (Å²) in [6.07, 6.45) is 12.5. The third-order valence-corrected chi connectivity index (χ3v) is 11.8. The van der Waals surface area contributed by atoms with E-state index in [1.54, 1.807) is 0 Å². The third kappa shape index (κ3) is 20.7. The minimum Gasteiger partial charge on any atom is -0.394 e. The molecule has 2 heterocycles. The summed E-state index contributed by atoms with van der Waals surface area (Å²) >= 11 is 0. The highest BCUT2D eigenvalue weighted by Gasteiger charge is 2.51. The van der Waals surface area contributed by atoms with E-state index >= 15 is 0 Å². The monoisotopic (exact) mass is 836 g/mol. The highest BCUT2D eigenvalue weighted by molar-refractivity contribution is 5.76. The van der Waals surface area contributed by atoms with Gasteiger partial charge in [0.1, 0.15) is 48.8 Å². The van der Waals surface area contributed by atoms with Crippen LogP contribution < -0.4 is 5.32 Å². The molecule has 14 nitrogen and oxygen atoms in total. The molecule has 2 aliphatic heterocycles. The molecule has 0 aromatic carbocycles. The van der Waals surface area contributed by atoms with Crippen LogP contribution in [0.25, 0.3) is 0 Å². The molecule has 2 rings (SSSR count). The van der Waals surface area contributed by atoms with Crippen LogP contribution in [0.1, 0.15) is 181 Å². The molecule has 0 bridgehead atoms. The standard InChI is InChI=1S/C44H85NO13/c1-3-5-7-9-11-13-15-16-18-20-22-24-26-28-36(49)45-32(33(48)27-25-23-21-19-17-14-12-10-8-6-4-2)31-55-43-41(54)39(52)42(35(30-47)57-43)58-44-40(53)38(51)37(50)34(29-46)56-44/h32-35,37-44,46-48,50-54H,3-31H2,1-2H3,(H,45,49). The van der Waals surface area contributed by atoms with E-state index in [1.807, 2.05) is 0 Å². The van der Waals surface area contributed by atoms with Crippen LogP contribution in [0.5, 0.6) is 0 Å². The molecule has 0 saturated carbocycles. The number of ether oxygens (including phenoxy) is 4. The molecule has 344 valence electrons. The number of carbonyl (C=O) groups excluding carboxylic acids is 1. The SMILES string of the molecule is CCCCCCCCCCCCCCCC(=O)NC(COC1OC(CO)C(OC2OC(CO)C(O)C(O)C2O)C(O)C1O)C(O)CCCCCCCCCCCCC. The van der Waals surface area contributed by atoms with Crippen molar-refractivity contribution in [3.8, 4) is 0 Å². The Hall–Kier alpha value is -1.01. The number of rotatable bonds is 35. The van der Waals surface area contributed by atoms with Crippen molar-refractivity contribution >= 4 is 5.91 Å². The topological polar surface area (TPSA) is 228 Å². The summed E-state index contributed by atoms with van der Waals surface area (Å²) in [5.41, 5.74) is 0. The van der Waals surface area contributed by atoms with E-state index in [-0.39, 0.29) is 12.5 Å². The van der Waals surface area contributed by atoms with Crippen LogP contribution in [0, 0.1) is 0 Å². The van der Waals surface area contributed by atoms with Crippen molar-refractivity contribution in [2.24, 2.45) is 0 Å². The van der Waals surface area contributed by atoms with Crippen LogP contribution >= 0.6 is 0 Å². The van der Waals surface area contributed by atoms with Crippen molar-refractivity contribution in [1.29, 1.82) is 0 Å². The van der Waals surface area contributed by atoms with Gasteiger partial charge in [0.15, 0.2) is 12.6 Å². The first-order chi connectivity index (χ1) is 28.1. The summed E-state index contributed by atoms with van der Waals surface area (Å²) in [6, 6.07) is -0.818. The maximum atomic E-state index is 13.1. The van der Waals surface area contributed by atoms with E-state index in [4.69, 9.17) is 18.9 Å². The average molecular weight is 836 g/mol. The molecule has 0 aromatic rings. The number of hydrogen-bond donors (Lipinski definition) is 9. The van der Waals surface area contributed by atoms with Gasteiger partial charge in [0.05, 0.1) is 32.0 Å². The lowest BCUT2D eigenvalue weighted by molar-refractivity contribution is -0.359. The van der Waals surface area contributed by atoms with E-state index in [1.165, 1.54) is 103 Å². The Morgan fingerprint density at radius 2 is 0.983 bits per heavy atom. The molecular weight excluding hydrogens is 750 g/mol. The Kier molecular flexibility index (Phi) is 29.9. The lowest BCUT2D eigenvalue weighted by atomic mass is 9.97. The molecule has 0 aromatic heterocycles. The molecule has 12 unspecified atom stereocenters. The molecule has 58 heavy (non-hydrogen) atoms. The second-order valence-corrected chi connectivity index (χ2v) is 16.9. The highest BCUT2D eigenvalue weighted by Crippen LogP contribution is 2.30. The first-order valence-electron chi connectivity index (χ1n) is 23.3. The minimum absolute atomic E-state index is 0.207. The Morgan fingerprint density at radius 1 is 0.552 bits per heavy atom. The van der Waals surface area contributed by atoms with Crippen LogP contribution in [-0.2, 0) is 23.7 Å². The number of aliphatic hydroxyl groups is 8. The van der Waals surface area contributed by atoms with E-state index in [0.717, 1.165) is 51.4 Å². The van der Waals surface area contributed by atoms with Gasteiger partial charge in [0.2, 0.25) is 5.91 Å². The van der Waals surface area contributed by atoms with Crippen LogP contribution in [0.3, 0.4) is 0 Å². The van der Waals surface area contributed by atoms with Crippen molar-refractivity contribution in [3.05, 3.63) is 0 Å². The van der Waals surface area contributed by atoms with Crippen molar-refractivity contribution < 1.29 is 64.6 Å². The molecule has 0 radical (unpaired) electrons. The molecule has 9 N–H and O–H groups in total. The Balaban J connectivity index is 1.87. The second-order valence-electron chi connectivity index (χ2n) is 16.9. The first-order valence-corrected chi connectivity index (χ1v) is 23.3. The number of amides is 1. The second kappa shape index (κ2) is 32.7. The van der Waals surface area contributed by atoms with Crippen LogP contribution in [0.2, 0.25) is 0 Å². The number of aliphatic hydroxyl groups excluding tert-OH is 8. The summed E-state index contributed by atoms with van der Waals surface area (Å²) in [5, 5.41) is 86.6. The van der Waals surface area contributed by atoms with Crippen LogP contribution in [0.15, 0.2) is 0 Å². The number of carbonyl (C=O) groups is 1. The van der Waals surface area contributed by atoms with E-state index in [2.05, 4.69) is 19.2 Å². The van der Waals surface area contributed by atoms with Gasteiger partial charge in [0.25, 0.3) is 0 Å². The first kappa shape index (κ1) is 53.1. The normalized spacial score (nSPS) is 28.7. The van der Waals surface area contributed by atoms with E-state index in [0.29, 0.717) is 12.8 Å². The zero-order valence-electron chi connectivity index (χ0n) is 36.1. The van der Waals surface area contributed by atoms with Gasteiger partial charge in [-0.3, -0.25) is 4.79 Å². The molecule has 1 amide bonds. The van der Waals surface area contributed by atoms with Crippen molar-refractivity contribution in [2.45, 2.75) is 254 Å². The zero-order valence-corrected chi connectivity index (χ0v) is 36.1. The fourth-order valence-corrected chi connectivity index (χ4v) is 7.94. The maximum Gasteiger partial charge on any atom is 0.220 e. The van der Waals surface area contributed by atoms with Gasteiger partial charge < -0.3 is 65.1 Å². The molecule has 12 atom stereocenters. The Bertz CT molecular complexity index is 993. The lowest BCUT2D eigenvalue weighted by Gasteiger charge is -2.46. The summed E-state index contributed by atoms with van der Waals surface area (Å²) in [6.45, 7) is 2.82. The number of nitrogens with one attached hydrogen (secondary N) is 1. The predicted molar refractivity (Wildman–Crippen MR) is 222 cm³/mol. The number of hydrogen-bond acceptors (Lipinski definition) is 13. The summed E-state index contributed by atoms with van der Waals surface area (Å²) in [7, 11) is 0. The zero-order chi connectivity index (χ0) is 42.5. The molecule has 14 heteroatoms. The van der Waals surface area contributed by atoms with Gasteiger partial charge in [-0.1, -0.05) is 162 Å². The highest BCUT2D eigenvalue weighted by atomic mass is 16.7. The molecular formula is C44H85NO13. The molecule has 0 aliphatic carbocycles. The van der Waals surface area contributed by atoms with Gasteiger partial charge in [-0.25, -0.2) is 0 Å². The van der Waals surface area contributed by atoms with Gasteiger partial charge in [-0.15, -0.1) is 0 Å².